The molecule has 2 atom stereocenters. The summed E-state index contributed by atoms with van der Waals surface area (Å²) >= 11 is 11.8. The number of aromatic amines is 1. The maximum absolute atomic E-state index is 8.81. The maximum atomic E-state index is 8.81. The fourth-order valence-corrected chi connectivity index (χ4v) is 3.82. The largest absolute Gasteiger partial charge is 0.368 e. The number of aromatic nitrogens is 2. The van der Waals surface area contributed by atoms with Gasteiger partial charge in [-0.25, -0.2) is 0 Å². The highest BCUT2D eigenvalue weighted by molar-refractivity contribution is 6.38. The number of hydrogen-bond donors (Lipinski definition) is 2. The van der Waals surface area contributed by atoms with Gasteiger partial charge >= 0.3 is 0 Å². The molecule has 0 radical (unpaired) electrons. The summed E-state index contributed by atoms with van der Waals surface area (Å²) in [5, 5.41) is 6.42. The number of nitrogens with one attached hydrogen (secondary N) is 1. The molecule has 172 valence electrons. The standard InChI is InChI=1S/C13H24N2O.C9H7Cl2N.C2H4O/c1-4-6-11(8-7-10(3)5-2)12-9-13(14)16-15-12;1-5-2-7-8(11)3-6(10)4-9(7)12-5;1-2-3/h9-11H,4-8,14H2,1-3H3;2-4,12H,1H3;2H,1H3/t10-,11?;;/m1../s1. The first kappa shape index (κ1) is 27.1. The minimum atomic E-state index is 0.430. The third-order valence-electron chi connectivity index (χ3n) is 5.09. The first-order valence-electron chi connectivity index (χ1n) is 10.8. The van der Waals surface area contributed by atoms with Crippen LogP contribution < -0.4 is 5.73 Å². The van der Waals surface area contributed by atoms with Crippen LogP contribution in [0, 0.1) is 12.8 Å². The molecule has 0 bridgehead atoms. The Morgan fingerprint density at radius 2 is 1.84 bits per heavy atom. The fourth-order valence-electron chi connectivity index (χ4n) is 3.27. The van der Waals surface area contributed by atoms with Gasteiger partial charge in [0.15, 0.2) is 0 Å². The van der Waals surface area contributed by atoms with E-state index in [2.05, 4.69) is 30.9 Å². The van der Waals surface area contributed by atoms with E-state index in [0.717, 1.165) is 34.5 Å². The van der Waals surface area contributed by atoms with E-state index in [4.69, 9.17) is 38.3 Å². The molecule has 0 saturated heterocycles. The van der Waals surface area contributed by atoms with Gasteiger partial charge in [-0.05, 0) is 50.8 Å². The lowest BCUT2D eigenvalue weighted by atomic mass is 9.90. The predicted octanol–water partition coefficient (Wildman–Crippen LogP) is 7.96. The molecule has 2 heterocycles. The molecular formula is C24H35Cl2N3O2. The average Bonchev–Trinajstić information content (AvgIpc) is 3.31. The summed E-state index contributed by atoms with van der Waals surface area (Å²) in [6, 6.07) is 7.50. The summed E-state index contributed by atoms with van der Waals surface area (Å²) in [6.07, 6.45) is 6.79. The first-order valence-corrected chi connectivity index (χ1v) is 11.6. The number of aryl methyl sites for hydroxylation is 1. The van der Waals surface area contributed by atoms with Gasteiger partial charge < -0.3 is 20.0 Å². The number of carbonyl (C=O) groups is 1. The Balaban J connectivity index is 0.000000282. The third-order valence-corrected chi connectivity index (χ3v) is 5.62. The minimum absolute atomic E-state index is 0.430. The van der Waals surface area contributed by atoms with Crippen LogP contribution in [-0.2, 0) is 4.79 Å². The number of aldehydes is 1. The molecule has 0 aliphatic heterocycles. The third kappa shape index (κ3) is 9.36. The van der Waals surface area contributed by atoms with Crippen molar-refractivity contribution in [2.24, 2.45) is 5.92 Å². The second-order valence-electron chi connectivity index (χ2n) is 7.77. The SMILES string of the molecule is CC=O.CCCC(CC[C@H](C)CC)c1cc(N)on1.Cc1cc2c(Cl)cc(Cl)cc2[nH]1. The van der Waals surface area contributed by atoms with E-state index < -0.39 is 0 Å². The summed E-state index contributed by atoms with van der Waals surface area (Å²) in [6.45, 7) is 10.2. The van der Waals surface area contributed by atoms with Crippen molar-refractivity contribution in [3.05, 3.63) is 45.7 Å². The number of anilines is 1. The molecule has 0 spiro atoms. The lowest BCUT2D eigenvalue weighted by Gasteiger charge is -2.15. The Kier molecular flexibility index (Phi) is 12.4. The number of benzene rings is 1. The predicted molar refractivity (Wildman–Crippen MR) is 132 cm³/mol. The highest BCUT2D eigenvalue weighted by Crippen LogP contribution is 2.29. The Bertz CT molecular complexity index is 921. The van der Waals surface area contributed by atoms with Crippen LogP contribution >= 0.6 is 23.2 Å². The Hall–Kier alpha value is -1.98. The zero-order valence-corrected chi connectivity index (χ0v) is 20.7. The van der Waals surface area contributed by atoms with Crippen molar-refractivity contribution >= 4 is 46.3 Å². The van der Waals surface area contributed by atoms with Crippen molar-refractivity contribution < 1.29 is 9.32 Å². The molecule has 5 nitrogen and oxygen atoms in total. The minimum Gasteiger partial charge on any atom is -0.368 e. The van der Waals surface area contributed by atoms with Gasteiger partial charge in [0.2, 0.25) is 5.88 Å². The van der Waals surface area contributed by atoms with Gasteiger partial charge in [-0.2, -0.15) is 0 Å². The van der Waals surface area contributed by atoms with Gasteiger partial charge in [-0.15, -0.1) is 0 Å². The molecule has 0 aliphatic carbocycles. The van der Waals surface area contributed by atoms with Crippen LogP contribution in [0.2, 0.25) is 10.0 Å². The number of hydrogen-bond acceptors (Lipinski definition) is 4. The van der Waals surface area contributed by atoms with Crippen molar-refractivity contribution in [3.8, 4) is 0 Å². The van der Waals surface area contributed by atoms with E-state index in [1.54, 1.807) is 6.07 Å². The normalized spacial score (nSPS) is 12.4. The van der Waals surface area contributed by atoms with Crippen molar-refractivity contribution in [1.82, 2.24) is 10.1 Å². The molecule has 1 unspecified atom stereocenters. The number of halogens is 2. The van der Waals surface area contributed by atoms with Gasteiger partial charge in [0, 0.05) is 33.6 Å². The smallest absolute Gasteiger partial charge is 0.222 e. The Morgan fingerprint density at radius 1 is 1.16 bits per heavy atom. The molecule has 3 N–H and O–H groups in total. The topological polar surface area (TPSA) is 84.9 Å². The van der Waals surface area contributed by atoms with Gasteiger partial charge in [-0.1, -0.05) is 68.4 Å². The van der Waals surface area contributed by atoms with Gasteiger partial charge in [0.05, 0.1) is 10.7 Å². The maximum Gasteiger partial charge on any atom is 0.222 e. The first-order chi connectivity index (χ1) is 14.7. The molecule has 0 aliphatic rings. The zero-order valence-electron chi connectivity index (χ0n) is 19.2. The van der Waals surface area contributed by atoms with E-state index in [9.17, 15) is 0 Å². The molecule has 2 aromatic heterocycles. The molecule has 7 heteroatoms. The molecule has 31 heavy (non-hydrogen) atoms. The van der Waals surface area contributed by atoms with E-state index in [-0.39, 0.29) is 0 Å². The monoisotopic (exact) mass is 467 g/mol. The lowest BCUT2D eigenvalue weighted by Crippen LogP contribution is -2.02. The van der Waals surface area contributed by atoms with E-state index in [0.29, 0.717) is 21.8 Å². The molecule has 0 fully saturated rings. The second-order valence-corrected chi connectivity index (χ2v) is 8.61. The fraction of sp³-hybridized carbons (Fsp3) is 0.500. The van der Waals surface area contributed by atoms with Crippen molar-refractivity contribution in [3.63, 3.8) is 0 Å². The molecule has 0 saturated carbocycles. The summed E-state index contributed by atoms with van der Waals surface area (Å²) in [5.74, 6) is 1.74. The lowest BCUT2D eigenvalue weighted by molar-refractivity contribution is -0.106. The average molecular weight is 468 g/mol. The van der Waals surface area contributed by atoms with Crippen LogP contribution in [-0.4, -0.2) is 16.4 Å². The van der Waals surface area contributed by atoms with E-state index in [1.165, 1.54) is 39.0 Å². The molecular weight excluding hydrogens is 433 g/mol. The van der Waals surface area contributed by atoms with Crippen LogP contribution in [0.15, 0.2) is 28.8 Å². The summed E-state index contributed by atoms with van der Waals surface area (Å²) in [7, 11) is 0. The quantitative estimate of drug-likeness (QED) is 0.345. The van der Waals surface area contributed by atoms with E-state index in [1.807, 2.05) is 25.1 Å². The molecule has 0 amide bonds. The van der Waals surface area contributed by atoms with Crippen molar-refractivity contribution in [2.45, 2.75) is 72.6 Å². The molecule has 3 aromatic rings. The Labute approximate surface area is 195 Å². The van der Waals surface area contributed by atoms with Crippen LogP contribution in [0.25, 0.3) is 10.9 Å². The van der Waals surface area contributed by atoms with E-state index >= 15 is 0 Å². The number of nitrogens with two attached hydrogens (primary N) is 1. The molecule has 3 rings (SSSR count). The van der Waals surface area contributed by atoms with Crippen molar-refractivity contribution in [2.75, 3.05) is 5.73 Å². The van der Waals surface area contributed by atoms with Crippen LogP contribution in [0.1, 0.15) is 77.1 Å². The number of nitrogen functional groups attached to an aromatic ring is 1. The van der Waals surface area contributed by atoms with Gasteiger partial charge in [0.1, 0.15) is 6.29 Å². The zero-order chi connectivity index (χ0) is 23.4. The van der Waals surface area contributed by atoms with Crippen LogP contribution in [0.5, 0.6) is 0 Å². The van der Waals surface area contributed by atoms with Crippen LogP contribution in [0.4, 0.5) is 5.88 Å². The number of fused-ring (bicyclic) bond motifs is 1. The van der Waals surface area contributed by atoms with Crippen LogP contribution in [0.3, 0.4) is 0 Å². The summed E-state index contributed by atoms with van der Waals surface area (Å²) < 4.78 is 4.95. The van der Waals surface area contributed by atoms with Gasteiger partial charge in [0.25, 0.3) is 0 Å². The number of carbonyl (C=O) groups excluding carboxylic acids is 1. The summed E-state index contributed by atoms with van der Waals surface area (Å²) in [5.41, 5.74) is 8.68. The second kappa shape index (κ2) is 14.2. The number of H-pyrrole nitrogens is 1. The number of nitrogens with zero attached hydrogens (tertiary/aromatic N) is 1. The number of rotatable bonds is 7. The highest BCUT2D eigenvalue weighted by Gasteiger charge is 2.16. The van der Waals surface area contributed by atoms with Crippen molar-refractivity contribution in [1.29, 1.82) is 0 Å². The van der Waals surface area contributed by atoms with Gasteiger partial charge in [-0.3, -0.25) is 0 Å². The Morgan fingerprint density at radius 3 is 2.39 bits per heavy atom. The highest BCUT2D eigenvalue weighted by atomic mass is 35.5. The summed E-state index contributed by atoms with van der Waals surface area (Å²) in [4.78, 5) is 12.0. The molecule has 1 aromatic carbocycles.